The lowest BCUT2D eigenvalue weighted by molar-refractivity contribution is 0.450. The fraction of sp³-hybridized carbons (Fsp3) is 0.0833. The van der Waals surface area contributed by atoms with Gasteiger partial charge in [-0.25, -0.2) is 9.37 Å². The molecule has 0 atom stereocenters. The average molecular weight is 430 g/mol. The highest BCUT2D eigenvalue weighted by atomic mass is 79.9. The molecule has 0 radical (unpaired) electrons. The van der Waals surface area contributed by atoms with Crippen molar-refractivity contribution in [3.05, 3.63) is 49.7 Å². The Balaban J connectivity index is 2.39. The van der Waals surface area contributed by atoms with Gasteiger partial charge in [-0.2, -0.15) is 0 Å². The fourth-order valence-electron chi connectivity index (χ4n) is 1.34. The zero-order valence-electron chi connectivity index (χ0n) is 9.26. The molecule has 0 unspecified atom stereocenters. The van der Waals surface area contributed by atoms with Gasteiger partial charge in [0, 0.05) is 22.3 Å². The first-order valence-corrected chi connectivity index (χ1v) is 7.54. The number of hydrogen-bond donors (Lipinski definition) is 0. The fourth-order valence-corrected chi connectivity index (χ4v) is 2.63. The van der Waals surface area contributed by atoms with Gasteiger partial charge >= 0.3 is 0 Å². The minimum Gasteiger partial charge on any atom is -0.437 e. The Bertz CT molecular complexity index is 625. The molecule has 0 N–H and O–H groups in total. The van der Waals surface area contributed by atoms with E-state index in [2.05, 4.69) is 36.8 Å². The van der Waals surface area contributed by atoms with Crippen LogP contribution in [-0.2, 0) is 5.88 Å². The first kappa shape index (κ1) is 15.0. The maximum atomic E-state index is 13.4. The standard InChI is InChI=1S/C12H6Br2Cl2FNO/c13-7-1-6(4-15)12(18-5-7)19-11-3-10(17)9(16)2-8(11)14/h1-3,5H,4H2. The number of aromatic nitrogens is 1. The van der Waals surface area contributed by atoms with E-state index >= 15 is 0 Å². The van der Waals surface area contributed by atoms with Crippen molar-refractivity contribution >= 4 is 55.1 Å². The maximum absolute atomic E-state index is 13.4. The lowest BCUT2D eigenvalue weighted by atomic mass is 10.3. The van der Waals surface area contributed by atoms with Crippen molar-refractivity contribution in [2.24, 2.45) is 0 Å². The van der Waals surface area contributed by atoms with Crippen LogP contribution in [0, 0.1) is 5.82 Å². The second-order valence-electron chi connectivity index (χ2n) is 3.55. The van der Waals surface area contributed by atoms with Gasteiger partial charge in [0.2, 0.25) is 5.88 Å². The molecule has 7 heteroatoms. The predicted octanol–water partition coefficient (Wildman–Crippen LogP) is 5.93. The van der Waals surface area contributed by atoms with Gasteiger partial charge in [-0.3, -0.25) is 0 Å². The maximum Gasteiger partial charge on any atom is 0.223 e. The minimum atomic E-state index is -0.565. The van der Waals surface area contributed by atoms with E-state index in [-0.39, 0.29) is 16.7 Å². The first-order chi connectivity index (χ1) is 9.01. The molecule has 2 nitrogen and oxygen atoms in total. The van der Waals surface area contributed by atoms with E-state index in [0.29, 0.717) is 15.9 Å². The van der Waals surface area contributed by atoms with E-state index in [1.165, 1.54) is 12.1 Å². The molecular weight excluding hydrogens is 424 g/mol. The molecule has 2 rings (SSSR count). The summed E-state index contributed by atoms with van der Waals surface area (Å²) < 4.78 is 20.3. The third-order valence-corrected chi connectivity index (χ3v) is 3.85. The van der Waals surface area contributed by atoms with Crippen LogP contribution in [0.15, 0.2) is 33.3 Å². The number of pyridine rings is 1. The van der Waals surface area contributed by atoms with Crippen LogP contribution in [-0.4, -0.2) is 4.98 Å². The van der Waals surface area contributed by atoms with Crippen LogP contribution >= 0.6 is 55.1 Å². The van der Waals surface area contributed by atoms with E-state index in [4.69, 9.17) is 27.9 Å². The van der Waals surface area contributed by atoms with Crippen molar-refractivity contribution in [3.63, 3.8) is 0 Å². The highest BCUT2D eigenvalue weighted by Crippen LogP contribution is 2.34. The lowest BCUT2D eigenvalue weighted by Gasteiger charge is -2.10. The van der Waals surface area contributed by atoms with Crippen LogP contribution in [0.25, 0.3) is 0 Å². The molecule has 2 aromatic rings. The Kier molecular flexibility index (Phi) is 5.06. The molecule has 1 heterocycles. The highest BCUT2D eigenvalue weighted by molar-refractivity contribution is 9.10. The van der Waals surface area contributed by atoms with Crippen LogP contribution in [0.4, 0.5) is 4.39 Å². The summed E-state index contributed by atoms with van der Waals surface area (Å²) in [6, 6.07) is 4.40. The first-order valence-electron chi connectivity index (χ1n) is 5.04. The number of hydrogen-bond acceptors (Lipinski definition) is 2. The summed E-state index contributed by atoms with van der Waals surface area (Å²) in [5.41, 5.74) is 0.693. The molecule has 0 bridgehead atoms. The largest absolute Gasteiger partial charge is 0.437 e. The summed E-state index contributed by atoms with van der Waals surface area (Å²) in [7, 11) is 0. The number of rotatable bonds is 3. The number of ether oxygens (including phenoxy) is 1. The molecule has 0 aliphatic heterocycles. The van der Waals surface area contributed by atoms with Crippen molar-refractivity contribution < 1.29 is 9.13 Å². The third kappa shape index (κ3) is 3.60. The van der Waals surface area contributed by atoms with E-state index < -0.39 is 5.82 Å². The summed E-state index contributed by atoms with van der Waals surface area (Å²) in [6.45, 7) is 0. The Hall–Kier alpha value is -0.360. The van der Waals surface area contributed by atoms with Crippen LogP contribution < -0.4 is 4.74 Å². The zero-order chi connectivity index (χ0) is 14.0. The lowest BCUT2D eigenvalue weighted by Crippen LogP contribution is -1.94. The molecule has 0 saturated heterocycles. The molecular formula is C12H6Br2Cl2FNO. The Morgan fingerprint density at radius 1 is 1.26 bits per heavy atom. The van der Waals surface area contributed by atoms with Crippen molar-refractivity contribution in [1.29, 1.82) is 0 Å². The number of alkyl halides is 1. The summed E-state index contributed by atoms with van der Waals surface area (Å²) in [4.78, 5) is 4.11. The van der Waals surface area contributed by atoms with Gasteiger partial charge in [0.15, 0.2) is 0 Å². The second-order valence-corrected chi connectivity index (χ2v) is 5.99. The SMILES string of the molecule is Fc1cc(Oc2ncc(Br)cc2CCl)c(Br)cc1Cl. The molecule has 0 saturated carbocycles. The molecule has 0 spiro atoms. The molecule has 1 aromatic carbocycles. The summed E-state index contributed by atoms with van der Waals surface area (Å²) in [5.74, 6) is 0.267. The van der Waals surface area contributed by atoms with Crippen molar-refractivity contribution in [3.8, 4) is 11.6 Å². The minimum absolute atomic E-state index is 0.0144. The Morgan fingerprint density at radius 3 is 2.68 bits per heavy atom. The number of halogens is 5. The summed E-state index contributed by atoms with van der Waals surface area (Å²) >= 11 is 18.0. The van der Waals surface area contributed by atoms with Gasteiger partial charge in [-0.1, -0.05) is 11.6 Å². The van der Waals surface area contributed by atoms with Gasteiger partial charge in [0.05, 0.1) is 15.4 Å². The monoisotopic (exact) mass is 427 g/mol. The van der Waals surface area contributed by atoms with Crippen LogP contribution in [0.2, 0.25) is 5.02 Å². The van der Waals surface area contributed by atoms with Crippen LogP contribution in [0.3, 0.4) is 0 Å². The predicted molar refractivity (Wildman–Crippen MR) is 80.7 cm³/mol. The molecule has 19 heavy (non-hydrogen) atoms. The molecule has 0 amide bonds. The molecule has 0 aliphatic carbocycles. The number of benzene rings is 1. The quantitative estimate of drug-likeness (QED) is 0.445. The van der Waals surface area contributed by atoms with E-state index in [0.717, 1.165) is 4.47 Å². The second kappa shape index (κ2) is 6.39. The number of nitrogens with zero attached hydrogens (tertiary/aromatic N) is 1. The van der Waals surface area contributed by atoms with Gasteiger partial charge in [-0.15, -0.1) is 11.6 Å². The van der Waals surface area contributed by atoms with Crippen molar-refractivity contribution in [2.45, 2.75) is 5.88 Å². The third-order valence-electron chi connectivity index (χ3n) is 2.22. The zero-order valence-corrected chi connectivity index (χ0v) is 13.9. The molecule has 100 valence electrons. The smallest absolute Gasteiger partial charge is 0.223 e. The molecule has 0 fully saturated rings. The summed E-state index contributed by atoms with van der Waals surface area (Å²) in [6.07, 6.45) is 1.57. The van der Waals surface area contributed by atoms with Gasteiger partial charge < -0.3 is 4.74 Å². The van der Waals surface area contributed by atoms with Gasteiger partial charge in [0.1, 0.15) is 11.6 Å². The van der Waals surface area contributed by atoms with Crippen LogP contribution in [0.5, 0.6) is 11.6 Å². The Labute approximate surface area is 136 Å². The van der Waals surface area contributed by atoms with E-state index in [1.807, 2.05) is 0 Å². The average Bonchev–Trinajstić information content (AvgIpc) is 2.37. The van der Waals surface area contributed by atoms with Crippen LogP contribution in [0.1, 0.15) is 5.56 Å². The van der Waals surface area contributed by atoms with Crippen molar-refractivity contribution in [2.75, 3.05) is 0 Å². The van der Waals surface area contributed by atoms with Gasteiger partial charge in [0.25, 0.3) is 0 Å². The highest BCUT2D eigenvalue weighted by Gasteiger charge is 2.12. The van der Waals surface area contributed by atoms with E-state index in [9.17, 15) is 4.39 Å². The van der Waals surface area contributed by atoms with E-state index in [1.54, 1.807) is 12.3 Å². The molecule has 0 aliphatic rings. The topological polar surface area (TPSA) is 22.1 Å². The normalized spacial score (nSPS) is 10.6. The Morgan fingerprint density at radius 2 is 2.00 bits per heavy atom. The summed E-state index contributed by atoms with van der Waals surface area (Å²) in [5, 5.41) is 0.0144. The van der Waals surface area contributed by atoms with Crippen molar-refractivity contribution in [1.82, 2.24) is 4.98 Å². The molecule has 1 aromatic heterocycles. The van der Waals surface area contributed by atoms with Gasteiger partial charge in [-0.05, 0) is 44.0 Å².